The molecule has 0 aliphatic rings. The fourth-order valence-electron chi connectivity index (χ4n) is 3.03. The molecule has 0 aliphatic carbocycles. The van der Waals surface area contributed by atoms with E-state index in [-0.39, 0.29) is 30.9 Å². The van der Waals surface area contributed by atoms with E-state index in [1.807, 2.05) is 30.3 Å². The average molecular weight is 496 g/mol. The van der Waals surface area contributed by atoms with Crippen molar-refractivity contribution >= 4 is 42.2 Å². The normalized spacial score (nSPS) is 14.4. The summed E-state index contributed by atoms with van der Waals surface area (Å²) in [4.78, 5) is 60.3. The molecular formula is C22H33N5O6S. The fraction of sp³-hybridized carbons (Fsp3) is 0.500. The number of carboxylic acids is 1. The topological polar surface area (TPSA) is 194 Å². The summed E-state index contributed by atoms with van der Waals surface area (Å²) in [5.41, 5.74) is 11.9. The third-order valence-corrected chi connectivity index (χ3v) is 5.36. The quantitative estimate of drug-likeness (QED) is 0.160. The summed E-state index contributed by atoms with van der Waals surface area (Å²) in [6.45, 7) is 3.43. The van der Waals surface area contributed by atoms with E-state index in [4.69, 9.17) is 11.5 Å². The predicted molar refractivity (Wildman–Crippen MR) is 129 cm³/mol. The smallest absolute Gasteiger partial charge is 0.326 e. The molecule has 4 amide bonds. The third-order valence-electron chi connectivity index (χ3n) is 4.99. The van der Waals surface area contributed by atoms with Crippen LogP contribution in [0.4, 0.5) is 0 Å². The Hall–Kier alpha value is -3.12. The lowest BCUT2D eigenvalue weighted by Gasteiger charge is -2.26. The summed E-state index contributed by atoms with van der Waals surface area (Å²) >= 11 is 4.06. The minimum absolute atomic E-state index is 0.133. The molecule has 1 aromatic carbocycles. The molecule has 8 N–H and O–H groups in total. The molecule has 0 spiro atoms. The van der Waals surface area contributed by atoms with Gasteiger partial charge in [0.1, 0.15) is 18.1 Å². The number of rotatable bonds is 14. The molecule has 188 valence electrons. The second kappa shape index (κ2) is 14.2. The Morgan fingerprint density at radius 3 is 2.03 bits per heavy atom. The van der Waals surface area contributed by atoms with E-state index in [1.54, 1.807) is 13.8 Å². The van der Waals surface area contributed by atoms with E-state index in [9.17, 15) is 29.1 Å². The fourth-order valence-corrected chi connectivity index (χ4v) is 3.28. The number of hydrogen-bond acceptors (Lipinski definition) is 7. The van der Waals surface area contributed by atoms with Crippen LogP contribution >= 0.6 is 12.6 Å². The third kappa shape index (κ3) is 9.79. The average Bonchev–Trinajstić information content (AvgIpc) is 2.77. The molecule has 0 saturated heterocycles. The van der Waals surface area contributed by atoms with E-state index in [0.29, 0.717) is 0 Å². The monoisotopic (exact) mass is 495 g/mol. The minimum Gasteiger partial charge on any atom is -0.480 e. The van der Waals surface area contributed by atoms with Gasteiger partial charge in [-0.3, -0.25) is 19.2 Å². The van der Waals surface area contributed by atoms with Crippen molar-refractivity contribution in [2.45, 2.75) is 57.3 Å². The predicted octanol–water partition coefficient (Wildman–Crippen LogP) is -1.05. The summed E-state index contributed by atoms with van der Waals surface area (Å²) in [5.74, 6) is -4.49. The number of thiol groups is 1. The maximum atomic E-state index is 12.9. The summed E-state index contributed by atoms with van der Waals surface area (Å²) < 4.78 is 0. The maximum Gasteiger partial charge on any atom is 0.326 e. The van der Waals surface area contributed by atoms with Gasteiger partial charge in [-0.05, 0) is 24.3 Å². The first-order valence-corrected chi connectivity index (χ1v) is 11.4. The number of nitrogens with two attached hydrogens (primary N) is 2. The molecule has 0 aliphatic heterocycles. The molecule has 0 fully saturated rings. The van der Waals surface area contributed by atoms with Crippen molar-refractivity contribution in [2.24, 2.45) is 17.4 Å². The number of amides is 4. The molecule has 0 saturated carbocycles. The highest BCUT2D eigenvalue weighted by Crippen LogP contribution is 2.07. The van der Waals surface area contributed by atoms with Crippen LogP contribution < -0.4 is 27.4 Å². The zero-order valence-corrected chi connectivity index (χ0v) is 20.1. The highest BCUT2D eigenvalue weighted by molar-refractivity contribution is 7.80. The highest BCUT2D eigenvalue weighted by Gasteiger charge is 2.31. The zero-order valence-electron chi connectivity index (χ0n) is 19.2. The van der Waals surface area contributed by atoms with Gasteiger partial charge in [-0.15, -0.1) is 0 Å². The molecule has 11 nitrogen and oxygen atoms in total. The van der Waals surface area contributed by atoms with Crippen LogP contribution in [0.3, 0.4) is 0 Å². The van der Waals surface area contributed by atoms with Gasteiger partial charge in [-0.2, -0.15) is 12.6 Å². The van der Waals surface area contributed by atoms with Crippen LogP contribution in [0.15, 0.2) is 30.3 Å². The van der Waals surface area contributed by atoms with Gasteiger partial charge >= 0.3 is 5.97 Å². The Labute approximate surface area is 203 Å². The van der Waals surface area contributed by atoms with Gasteiger partial charge < -0.3 is 32.5 Å². The van der Waals surface area contributed by atoms with Gasteiger partial charge in [0.2, 0.25) is 23.6 Å². The summed E-state index contributed by atoms with van der Waals surface area (Å²) in [7, 11) is 0. The molecular weight excluding hydrogens is 462 g/mol. The summed E-state index contributed by atoms with van der Waals surface area (Å²) in [5, 5.41) is 16.6. The summed E-state index contributed by atoms with van der Waals surface area (Å²) in [6.07, 6.45) is -0.157. The van der Waals surface area contributed by atoms with Crippen molar-refractivity contribution in [3.63, 3.8) is 0 Å². The van der Waals surface area contributed by atoms with Gasteiger partial charge in [0.15, 0.2) is 0 Å². The first-order valence-electron chi connectivity index (χ1n) is 10.8. The van der Waals surface area contributed by atoms with Gasteiger partial charge in [0, 0.05) is 12.2 Å². The van der Waals surface area contributed by atoms with Crippen molar-refractivity contribution in [3.8, 4) is 0 Å². The van der Waals surface area contributed by atoms with Crippen LogP contribution in [-0.4, -0.2) is 64.6 Å². The molecule has 4 unspecified atom stereocenters. The van der Waals surface area contributed by atoms with Crippen LogP contribution in [-0.2, 0) is 30.4 Å². The van der Waals surface area contributed by atoms with Gasteiger partial charge in [0.25, 0.3) is 0 Å². The molecule has 0 bridgehead atoms. The molecule has 1 rings (SSSR count). The van der Waals surface area contributed by atoms with Gasteiger partial charge in [0.05, 0.1) is 6.04 Å². The van der Waals surface area contributed by atoms with E-state index in [1.165, 1.54) is 0 Å². The number of benzene rings is 1. The van der Waals surface area contributed by atoms with E-state index in [2.05, 4.69) is 28.6 Å². The molecule has 0 heterocycles. The lowest BCUT2D eigenvalue weighted by atomic mass is 10.0. The Morgan fingerprint density at radius 2 is 1.53 bits per heavy atom. The highest BCUT2D eigenvalue weighted by atomic mass is 32.1. The minimum atomic E-state index is -1.36. The van der Waals surface area contributed by atoms with Crippen LogP contribution in [0.2, 0.25) is 0 Å². The summed E-state index contributed by atoms with van der Waals surface area (Å²) in [6, 6.07) is 4.76. The Kier molecular flexibility index (Phi) is 12.1. The van der Waals surface area contributed by atoms with Crippen LogP contribution in [0.5, 0.6) is 0 Å². The van der Waals surface area contributed by atoms with Gasteiger partial charge in [-0.1, -0.05) is 44.2 Å². The molecule has 1 aromatic rings. The van der Waals surface area contributed by atoms with Crippen molar-refractivity contribution in [3.05, 3.63) is 35.9 Å². The lowest BCUT2D eigenvalue weighted by molar-refractivity contribution is -0.142. The van der Waals surface area contributed by atoms with Crippen molar-refractivity contribution < 1.29 is 29.1 Å². The molecule has 0 radical (unpaired) electrons. The molecule has 4 atom stereocenters. The number of nitrogens with one attached hydrogen (secondary N) is 3. The Balaban J connectivity index is 2.79. The Morgan fingerprint density at radius 1 is 0.941 bits per heavy atom. The SMILES string of the molecule is CC(C)C(NC(=O)C(N)Cc1ccccc1)C(=O)NC(CS)C(=O)NC(CCC(N)=O)C(=O)O. The molecule has 34 heavy (non-hydrogen) atoms. The molecule has 12 heteroatoms. The second-order valence-electron chi connectivity index (χ2n) is 8.17. The first-order chi connectivity index (χ1) is 16.0. The zero-order chi connectivity index (χ0) is 25.8. The maximum absolute atomic E-state index is 12.9. The number of carboxylic acid groups (broad SMARTS) is 1. The number of primary amides is 1. The Bertz CT molecular complexity index is 867. The number of carbonyl (C=O) groups excluding carboxylic acids is 4. The van der Waals surface area contributed by atoms with Gasteiger partial charge in [-0.25, -0.2) is 4.79 Å². The van der Waals surface area contributed by atoms with Crippen LogP contribution in [0.1, 0.15) is 32.3 Å². The lowest BCUT2D eigenvalue weighted by Crippen LogP contribution is -2.59. The largest absolute Gasteiger partial charge is 0.480 e. The van der Waals surface area contributed by atoms with Crippen molar-refractivity contribution in [1.29, 1.82) is 0 Å². The van der Waals surface area contributed by atoms with Crippen molar-refractivity contribution in [2.75, 3.05) is 5.75 Å². The van der Waals surface area contributed by atoms with E-state index in [0.717, 1.165) is 5.56 Å². The standard InChI is InChI=1S/C22H33N5O6S/c1-12(2)18(27-19(29)14(23)10-13-6-4-3-5-7-13)21(31)26-16(11-34)20(30)25-15(22(32)33)8-9-17(24)28/h3-7,12,14-16,18,34H,8-11,23H2,1-2H3,(H2,24,28)(H,25,30)(H,26,31)(H,27,29)(H,32,33). The number of aliphatic carboxylic acids is 1. The van der Waals surface area contributed by atoms with E-state index < -0.39 is 53.8 Å². The van der Waals surface area contributed by atoms with Crippen LogP contribution in [0.25, 0.3) is 0 Å². The second-order valence-corrected chi connectivity index (χ2v) is 8.54. The number of hydrogen-bond donors (Lipinski definition) is 7. The van der Waals surface area contributed by atoms with Crippen LogP contribution in [0, 0.1) is 5.92 Å². The first kappa shape index (κ1) is 28.9. The van der Waals surface area contributed by atoms with E-state index >= 15 is 0 Å². The van der Waals surface area contributed by atoms with Crippen molar-refractivity contribution in [1.82, 2.24) is 16.0 Å². The molecule has 0 aromatic heterocycles. The number of carbonyl (C=O) groups is 5.